The number of aromatic nitrogens is 3. The van der Waals surface area contributed by atoms with Gasteiger partial charge in [0.1, 0.15) is 0 Å². The van der Waals surface area contributed by atoms with Gasteiger partial charge in [-0.25, -0.2) is 9.97 Å². The number of hydrogen-bond donors (Lipinski definition) is 2. The molecule has 3 aromatic rings. The number of pyridine rings is 1. The van der Waals surface area contributed by atoms with E-state index in [2.05, 4.69) is 20.3 Å². The van der Waals surface area contributed by atoms with Crippen molar-refractivity contribution < 1.29 is 0 Å². The van der Waals surface area contributed by atoms with Crippen molar-refractivity contribution in [1.82, 2.24) is 15.0 Å². The number of fused-ring (bicyclic) bond motifs is 1. The molecule has 0 amide bonds. The van der Waals surface area contributed by atoms with Crippen LogP contribution in [0.25, 0.3) is 11.0 Å². The molecule has 20 heavy (non-hydrogen) atoms. The Balaban J connectivity index is 1.87. The Morgan fingerprint density at radius 1 is 1.10 bits per heavy atom. The molecule has 5 nitrogen and oxygen atoms in total. The number of hydrogen-bond acceptors (Lipinski definition) is 5. The van der Waals surface area contributed by atoms with E-state index < -0.39 is 0 Å². The number of benzene rings is 1. The average Bonchev–Trinajstić information content (AvgIpc) is 2.46. The number of rotatable bonds is 3. The van der Waals surface area contributed by atoms with Gasteiger partial charge in [0.2, 0.25) is 0 Å². The van der Waals surface area contributed by atoms with Crippen molar-refractivity contribution in [2.45, 2.75) is 13.5 Å². The van der Waals surface area contributed by atoms with E-state index in [-0.39, 0.29) is 0 Å². The van der Waals surface area contributed by atoms with Gasteiger partial charge in [-0.05, 0) is 36.2 Å². The Kier molecular flexibility index (Phi) is 3.16. The lowest BCUT2D eigenvalue weighted by Crippen LogP contribution is -2.07. The summed E-state index contributed by atoms with van der Waals surface area (Å²) in [7, 11) is 0. The first-order valence-corrected chi connectivity index (χ1v) is 6.39. The molecule has 0 saturated heterocycles. The summed E-state index contributed by atoms with van der Waals surface area (Å²) in [5.74, 6) is 1.02. The minimum absolute atomic E-state index is 0.412. The van der Waals surface area contributed by atoms with Crippen molar-refractivity contribution in [3.63, 3.8) is 0 Å². The SMILES string of the molecule is Cc1cnccc1CNc1nc2ccccc2nc1N. The minimum Gasteiger partial charge on any atom is -0.381 e. The van der Waals surface area contributed by atoms with Crippen LogP contribution in [0.2, 0.25) is 0 Å². The Hall–Kier alpha value is -2.69. The zero-order valence-corrected chi connectivity index (χ0v) is 11.2. The number of anilines is 2. The van der Waals surface area contributed by atoms with E-state index in [1.807, 2.05) is 43.5 Å². The van der Waals surface area contributed by atoms with E-state index in [4.69, 9.17) is 5.73 Å². The van der Waals surface area contributed by atoms with E-state index in [9.17, 15) is 0 Å². The van der Waals surface area contributed by atoms with Crippen LogP contribution >= 0.6 is 0 Å². The van der Waals surface area contributed by atoms with Crippen LogP contribution in [0.3, 0.4) is 0 Å². The van der Waals surface area contributed by atoms with Crippen LogP contribution in [0.5, 0.6) is 0 Å². The van der Waals surface area contributed by atoms with Gasteiger partial charge >= 0.3 is 0 Å². The number of nitrogen functional groups attached to an aromatic ring is 1. The largest absolute Gasteiger partial charge is 0.381 e. The molecule has 0 radical (unpaired) electrons. The van der Waals surface area contributed by atoms with Crippen LogP contribution in [0.1, 0.15) is 11.1 Å². The van der Waals surface area contributed by atoms with Gasteiger partial charge in [0.05, 0.1) is 11.0 Å². The molecule has 0 spiro atoms. The van der Waals surface area contributed by atoms with Crippen LogP contribution in [-0.4, -0.2) is 15.0 Å². The fourth-order valence-corrected chi connectivity index (χ4v) is 2.02. The summed E-state index contributed by atoms with van der Waals surface area (Å²) in [5.41, 5.74) is 9.86. The smallest absolute Gasteiger partial charge is 0.169 e. The first-order valence-electron chi connectivity index (χ1n) is 6.39. The molecule has 3 rings (SSSR count). The van der Waals surface area contributed by atoms with Crippen molar-refractivity contribution >= 4 is 22.7 Å². The van der Waals surface area contributed by atoms with Crippen LogP contribution in [-0.2, 0) is 6.54 Å². The molecule has 5 heteroatoms. The molecule has 0 atom stereocenters. The molecule has 1 aromatic carbocycles. The summed E-state index contributed by atoms with van der Waals surface area (Å²) in [6.07, 6.45) is 3.62. The van der Waals surface area contributed by atoms with Crippen LogP contribution in [0.4, 0.5) is 11.6 Å². The molecule has 0 aliphatic carbocycles. The lowest BCUT2D eigenvalue weighted by Gasteiger charge is -2.10. The Labute approximate surface area is 116 Å². The maximum Gasteiger partial charge on any atom is 0.169 e. The van der Waals surface area contributed by atoms with Crippen molar-refractivity contribution in [2.75, 3.05) is 11.1 Å². The number of para-hydroxylation sites is 2. The molecular formula is C15H15N5. The highest BCUT2D eigenvalue weighted by molar-refractivity contribution is 5.79. The maximum absolute atomic E-state index is 5.94. The van der Waals surface area contributed by atoms with Crippen molar-refractivity contribution in [2.24, 2.45) is 0 Å². The predicted molar refractivity (Wildman–Crippen MR) is 80.3 cm³/mol. The molecule has 0 bridgehead atoms. The molecule has 0 aliphatic rings. The summed E-state index contributed by atoms with van der Waals surface area (Å²) >= 11 is 0. The first-order chi connectivity index (χ1) is 9.74. The summed E-state index contributed by atoms with van der Waals surface area (Å²) in [4.78, 5) is 12.9. The number of aryl methyl sites for hydroxylation is 1. The van der Waals surface area contributed by atoms with Crippen LogP contribution in [0, 0.1) is 6.92 Å². The van der Waals surface area contributed by atoms with Gasteiger partial charge in [-0.15, -0.1) is 0 Å². The first kappa shape index (κ1) is 12.3. The molecule has 3 N–H and O–H groups in total. The van der Waals surface area contributed by atoms with Crippen molar-refractivity contribution in [3.8, 4) is 0 Å². The van der Waals surface area contributed by atoms with E-state index in [0.29, 0.717) is 18.2 Å². The summed E-state index contributed by atoms with van der Waals surface area (Å²) < 4.78 is 0. The fourth-order valence-electron chi connectivity index (χ4n) is 2.02. The zero-order chi connectivity index (χ0) is 13.9. The highest BCUT2D eigenvalue weighted by atomic mass is 15.1. The van der Waals surface area contributed by atoms with Gasteiger partial charge in [0, 0.05) is 18.9 Å². The second-order valence-corrected chi connectivity index (χ2v) is 4.60. The Morgan fingerprint density at radius 2 is 1.85 bits per heavy atom. The summed E-state index contributed by atoms with van der Waals surface area (Å²) in [5, 5.41) is 3.24. The molecular weight excluding hydrogens is 250 g/mol. The summed E-state index contributed by atoms with van der Waals surface area (Å²) in [6, 6.07) is 9.65. The minimum atomic E-state index is 0.412. The molecule has 0 unspecified atom stereocenters. The van der Waals surface area contributed by atoms with Crippen LogP contribution < -0.4 is 11.1 Å². The second-order valence-electron chi connectivity index (χ2n) is 4.60. The Morgan fingerprint density at radius 3 is 2.60 bits per heavy atom. The normalized spacial score (nSPS) is 10.7. The highest BCUT2D eigenvalue weighted by Gasteiger charge is 2.06. The second kappa shape index (κ2) is 5.13. The topological polar surface area (TPSA) is 76.7 Å². The van der Waals surface area contributed by atoms with Crippen molar-refractivity contribution in [1.29, 1.82) is 0 Å². The van der Waals surface area contributed by atoms with E-state index >= 15 is 0 Å². The van der Waals surface area contributed by atoms with Crippen molar-refractivity contribution in [3.05, 3.63) is 53.9 Å². The fraction of sp³-hybridized carbons (Fsp3) is 0.133. The predicted octanol–water partition coefficient (Wildman–Crippen LogP) is 2.53. The average molecular weight is 265 g/mol. The van der Waals surface area contributed by atoms with Gasteiger partial charge < -0.3 is 11.1 Å². The quantitative estimate of drug-likeness (QED) is 0.761. The molecule has 2 aromatic heterocycles. The van der Waals surface area contributed by atoms with E-state index in [1.165, 1.54) is 0 Å². The highest BCUT2D eigenvalue weighted by Crippen LogP contribution is 2.19. The van der Waals surface area contributed by atoms with Gasteiger partial charge in [-0.3, -0.25) is 4.98 Å². The number of nitrogens with two attached hydrogens (primary N) is 1. The third kappa shape index (κ3) is 2.38. The molecule has 100 valence electrons. The lowest BCUT2D eigenvalue weighted by atomic mass is 10.1. The third-order valence-corrected chi connectivity index (χ3v) is 3.18. The van der Waals surface area contributed by atoms with Crippen LogP contribution in [0.15, 0.2) is 42.7 Å². The lowest BCUT2D eigenvalue weighted by molar-refractivity contribution is 1.07. The molecule has 0 aliphatic heterocycles. The summed E-state index contributed by atoms with van der Waals surface area (Å²) in [6.45, 7) is 2.67. The van der Waals surface area contributed by atoms with Gasteiger partial charge in [0.15, 0.2) is 11.6 Å². The third-order valence-electron chi connectivity index (χ3n) is 3.18. The zero-order valence-electron chi connectivity index (χ0n) is 11.2. The van der Waals surface area contributed by atoms with E-state index in [0.717, 1.165) is 22.2 Å². The van der Waals surface area contributed by atoms with Gasteiger partial charge in [-0.1, -0.05) is 12.1 Å². The molecule has 0 fully saturated rings. The number of nitrogens with one attached hydrogen (secondary N) is 1. The van der Waals surface area contributed by atoms with Gasteiger partial charge in [0.25, 0.3) is 0 Å². The Bertz CT molecular complexity index is 754. The maximum atomic E-state index is 5.94. The number of nitrogens with zero attached hydrogens (tertiary/aromatic N) is 3. The van der Waals surface area contributed by atoms with Gasteiger partial charge in [-0.2, -0.15) is 0 Å². The standard InChI is InChI=1S/C15H15N5/c1-10-8-17-7-6-11(10)9-18-15-14(16)19-12-4-2-3-5-13(12)20-15/h2-8H,9H2,1H3,(H2,16,19)(H,18,20). The monoisotopic (exact) mass is 265 g/mol. The molecule has 0 saturated carbocycles. The molecule has 2 heterocycles. The van der Waals surface area contributed by atoms with E-state index in [1.54, 1.807) is 6.20 Å².